The summed E-state index contributed by atoms with van der Waals surface area (Å²) >= 11 is -1.92. The first-order valence-electron chi connectivity index (χ1n) is 8.08. The molecule has 0 bridgehead atoms. The zero-order valence-corrected chi connectivity index (χ0v) is 17.0. The molecule has 134 valence electrons. The summed E-state index contributed by atoms with van der Waals surface area (Å²) in [6.07, 6.45) is 1.31. The van der Waals surface area contributed by atoms with Gasteiger partial charge in [-0.25, -0.2) is 0 Å². The molecule has 0 aliphatic rings. The van der Waals surface area contributed by atoms with E-state index in [1.165, 1.54) is 11.6 Å². The Morgan fingerprint density at radius 3 is 2.20 bits per heavy atom. The predicted molar refractivity (Wildman–Crippen MR) is 99.9 cm³/mol. The van der Waals surface area contributed by atoms with E-state index in [9.17, 15) is 9.59 Å². The van der Waals surface area contributed by atoms with Gasteiger partial charge in [0.05, 0.1) is 0 Å². The van der Waals surface area contributed by atoms with Gasteiger partial charge in [-0.15, -0.1) is 0 Å². The first kappa shape index (κ1) is 19.4. The van der Waals surface area contributed by atoms with Crippen LogP contribution in [0.2, 0.25) is 0 Å². The Morgan fingerprint density at radius 1 is 1.00 bits per heavy atom. The van der Waals surface area contributed by atoms with Gasteiger partial charge in [0.15, 0.2) is 0 Å². The van der Waals surface area contributed by atoms with Crippen molar-refractivity contribution >= 4 is 11.7 Å². The summed E-state index contributed by atoms with van der Waals surface area (Å²) in [7, 11) is 0. The first-order valence-corrected chi connectivity index (χ1v) is 15.5. The van der Waals surface area contributed by atoms with E-state index >= 15 is 0 Å². The van der Waals surface area contributed by atoms with E-state index < -0.39 is 18.4 Å². The Hall–Kier alpha value is -1.95. The van der Waals surface area contributed by atoms with Gasteiger partial charge >= 0.3 is 154 Å². The molecule has 0 spiro atoms. The van der Waals surface area contributed by atoms with Crippen LogP contribution < -0.4 is 23.8 Å². The molecule has 25 heavy (non-hydrogen) atoms. The number of carbonyl (C=O) groups is 2. The van der Waals surface area contributed by atoms with Crippen molar-refractivity contribution in [1.82, 2.24) is 5.32 Å². The fraction of sp³-hybridized carbons (Fsp3) is 0.238. The third-order valence-electron chi connectivity index (χ3n) is 3.86. The Bertz CT molecular complexity index is 736. The third kappa shape index (κ3) is 6.12. The van der Waals surface area contributed by atoms with Crippen LogP contribution >= 0.6 is 0 Å². The number of nitrogens with one attached hydrogen (secondary N) is 1. The summed E-state index contributed by atoms with van der Waals surface area (Å²) in [4.78, 5) is 28.4. The predicted octanol–water partition coefficient (Wildman–Crippen LogP) is 0.140. The number of amides is 1. The average Bonchev–Trinajstić information content (AvgIpc) is 2.62. The molecule has 2 rings (SSSR count). The molecule has 2 aromatic carbocycles. The summed E-state index contributed by atoms with van der Waals surface area (Å²) in [6, 6.07) is 17.3. The van der Waals surface area contributed by atoms with Crippen molar-refractivity contribution < 1.29 is 28.0 Å². The molecule has 0 aliphatic heterocycles. The van der Waals surface area contributed by atoms with Crippen LogP contribution in [0.4, 0.5) is 0 Å². The number of carbonyl (C=O) groups excluding carboxylic acids is 2. The third-order valence-corrected chi connectivity index (χ3v) is 10.3. The van der Waals surface area contributed by atoms with Crippen LogP contribution in [0.5, 0.6) is 0 Å². The number of rotatable bonds is 8. The van der Waals surface area contributed by atoms with E-state index in [0.29, 0.717) is 12.1 Å². The van der Waals surface area contributed by atoms with Gasteiger partial charge in [-0.2, -0.15) is 0 Å². The van der Waals surface area contributed by atoms with E-state index in [1.54, 1.807) is 0 Å². The van der Waals surface area contributed by atoms with Gasteiger partial charge in [0.2, 0.25) is 0 Å². The molecule has 0 heterocycles. The van der Waals surface area contributed by atoms with Crippen molar-refractivity contribution in [1.29, 1.82) is 0 Å². The molecule has 0 saturated heterocycles. The van der Waals surface area contributed by atoms with E-state index in [-0.39, 0.29) is 11.7 Å². The van der Waals surface area contributed by atoms with Crippen LogP contribution in [0.3, 0.4) is 0 Å². The van der Waals surface area contributed by atoms with Gasteiger partial charge in [-0.1, -0.05) is 0 Å². The molecule has 2 aromatic rings. The molecule has 0 unspecified atom stereocenters. The van der Waals surface area contributed by atoms with Crippen LogP contribution in [0.1, 0.15) is 21.5 Å². The Kier molecular flexibility index (Phi) is 6.93. The molecule has 0 fully saturated rings. The van der Waals surface area contributed by atoms with E-state index in [1.807, 2.05) is 42.5 Å². The molecule has 0 aliphatic carbocycles. The molecule has 3 nitrogen and oxygen atoms in total. The number of alkyl halides is 4. The number of benzene rings is 2. The maximum atomic E-state index is 12.4. The number of hydrogen-bond donors (Lipinski definition) is 1. The quantitative estimate of drug-likeness (QED) is 0.269. The molecule has 0 saturated carbocycles. The zero-order valence-electron chi connectivity index (χ0n) is 14.8. The maximum absolute atomic E-state index is 12.4. The first-order chi connectivity index (χ1) is 11.9. The fourth-order valence-electron chi connectivity index (χ4n) is 2.48. The second kappa shape index (κ2) is 8.94. The van der Waals surface area contributed by atoms with Gasteiger partial charge in [0.25, 0.3) is 0 Å². The molecule has 0 atom stereocenters. The van der Waals surface area contributed by atoms with Gasteiger partial charge in [-0.3, -0.25) is 0 Å². The van der Waals surface area contributed by atoms with Crippen LogP contribution in [-0.4, -0.2) is 32.5 Å². The number of hydrogen-bond acceptors (Lipinski definition) is 2. The Morgan fingerprint density at radius 2 is 1.60 bits per heavy atom. The Balaban J connectivity index is 1.96. The molecule has 0 aromatic heterocycles. The molecular weight excluding hydrogens is 425 g/mol. The SMILES string of the molecule is C=CC(=O)NCC[I-](C)(C)Cc1ccc(C(=O)c2ccccc2)cc1. The normalized spacial score (nSPS) is 11.6. The second-order valence-electron chi connectivity index (χ2n) is 6.35. The van der Waals surface area contributed by atoms with Crippen molar-refractivity contribution in [3.8, 4) is 0 Å². The van der Waals surface area contributed by atoms with Gasteiger partial charge in [0, 0.05) is 0 Å². The molecular formula is C21H25INO2-. The van der Waals surface area contributed by atoms with Gasteiger partial charge in [0.1, 0.15) is 0 Å². The van der Waals surface area contributed by atoms with Crippen molar-refractivity contribution in [3.63, 3.8) is 0 Å². The monoisotopic (exact) mass is 450 g/mol. The molecule has 0 radical (unpaired) electrons. The van der Waals surface area contributed by atoms with Gasteiger partial charge in [-0.05, 0) is 0 Å². The minimum atomic E-state index is -1.92. The van der Waals surface area contributed by atoms with Crippen molar-refractivity contribution in [2.45, 2.75) is 4.43 Å². The summed E-state index contributed by atoms with van der Waals surface area (Å²) < 4.78 is 2.12. The standard InChI is InChI=1S/C21H25INO2/c1-4-20(24)23-15-14-22(2,3)16-17-10-12-19(13-11-17)21(25)18-8-6-5-7-9-18/h4-13H,1,14-16H2,2-3H3,(H,23,24)/q-1. The van der Waals surface area contributed by atoms with Crippen molar-refractivity contribution in [2.75, 3.05) is 20.8 Å². The summed E-state index contributed by atoms with van der Waals surface area (Å²) in [6.45, 7) is 4.17. The zero-order chi connectivity index (χ0) is 18.3. The van der Waals surface area contributed by atoms with Crippen LogP contribution in [0.15, 0.2) is 67.3 Å². The summed E-state index contributed by atoms with van der Waals surface area (Å²) in [5.74, 6) is -0.0555. The van der Waals surface area contributed by atoms with Crippen LogP contribution in [0, 0.1) is 0 Å². The van der Waals surface area contributed by atoms with Crippen molar-refractivity contribution in [2.24, 2.45) is 0 Å². The average molecular weight is 450 g/mol. The van der Waals surface area contributed by atoms with Gasteiger partial charge < -0.3 is 0 Å². The Labute approximate surface area is 154 Å². The fourth-order valence-corrected chi connectivity index (χ4v) is 7.49. The number of halogens is 1. The molecule has 4 heteroatoms. The summed E-state index contributed by atoms with van der Waals surface area (Å²) in [5.41, 5.74) is 2.70. The van der Waals surface area contributed by atoms with E-state index in [4.69, 9.17) is 0 Å². The number of ketones is 1. The molecule has 1 amide bonds. The van der Waals surface area contributed by atoms with Crippen LogP contribution in [0.25, 0.3) is 0 Å². The van der Waals surface area contributed by atoms with Crippen molar-refractivity contribution in [3.05, 3.63) is 83.9 Å². The second-order valence-corrected chi connectivity index (χ2v) is 17.5. The van der Waals surface area contributed by atoms with Crippen LogP contribution in [-0.2, 0) is 9.22 Å². The van der Waals surface area contributed by atoms with E-state index in [0.717, 1.165) is 14.4 Å². The minimum absolute atomic E-state index is 0.0550. The van der Waals surface area contributed by atoms with E-state index in [2.05, 4.69) is 33.9 Å². The topological polar surface area (TPSA) is 46.2 Å². The molecule has 1 N–H and O–H groups in total. The summed E-state index contributed by atoms with van der Waals surface area (Å²) in [5, 5.41) is 2.86.